The second kappa shape index (κ2) is 13.3. The number of ether oxygens (including phenoxy) is 1. The summed E-state index contributed by atoms with van der Waals surface area (Å²) in [6.45, 7) is 6.02. The Labute approximate surface area is 220 Å². The van der Waals surface area contributed by atoms with Gasteiger partial charge in [0.25, 0.3) is 0 Å². The number of carboxylic acid groups (broad SMARTS) is 1. The van der Waals surface area contributed by atoms with Crippen molar-refractivity contribution >= 4 is 47.1 Å². The molecular weight excluding hydrogens is 500 g/mol. The molecule has 2 aliphatic rings. The topological polar surface area (TPSA) is 151 Å². The molecule has 12 heteroatoms. The van der Waals surface area contributed by atoms with E-state index in [-0.39, 0.29) is 17.6 Å². The third kappa shape index (κ3) is 6.31. The maximum Gasteiger partial charge on any atom is 0.343 e. The molecule has 2 aromatic rings. The van der Waals surface area contributed by atoms with Gasteiger partial charge in [-0.2, -0.15) is 33.7 Å². The zero-order valence-electron chi connectivity index (χ0n) is 21.4. The molecule has 0 bridgehead atoms. The van der Waals surface area contributed by atoms with Gasteiger partial charge in [0.2, 0.25) is 0 Å². The highest BCUT2D eigenvalue weighted by molar-refractivity contribution is 7.99. The molecule has 0 saturated carbocycles. The van der Waals surface area contributed by atoms with Crippen LogP contribution in [0.3, 0.4) is 0 Å². The second-order valence-electron chi connectivity index (χ2n) is 8.72. The predicted octanol–water partition coefficient (Wildman–Crippen LogP) is 4.07. The summed E-state index contributed by atoms with van der Waals surface area (Å²) in [6.07, 6.45) is 5.43. The number of nitrogen functional groups attached to an aromatic ring is 2. The summed E-state index contributed by atoms with van der Waals surface area (Å²) in [7, 11) is 0. The first-order valence-electron chi connectivity index (χ1n) is 12.6. The molecule has 10 nitrogen and oxygen atoms in total. The Hall–Kier alpha value is -2.34. The first-order chi connectivity index (χ1) is 17.3. The van der Waals surface area contributed by atoms with Gasteiger partial charge >= 0.3 is 11.9 Å². The Morgan fingerprint density at radius 2 is 1.28 bits per heavy atom. The molecule has 0 spiro atoms. The molecule has 4 rings (SSSR count). The quantitative estimate of drug-likeness (QED) is 0.440. The van der Waals surface area contributed by atoms with Gasteiger partial charge in [-0.3, -0.25) is 0 Å². The van der Waals surface area contributed by atoms with Crippen LogP contribution in [0.15, 0.2) is 0 Å². The van der Waals surface area contributed by atoms with Gasteiger partial charge in [-0.05, 0) is 68.5 Å². The third-order valence-electron chi connectivity index (χ3n) is 6.48. The van der Waals surface area contributed by atoms with Gasteiger partial charge in [-0.15, -0.1) is 0 Å². The Balaban J connectivity index is 0.000000202. The lowest BCUT2D eigenvalue weighted by atomic mass is 10.1. The van der Waals surface area contributed by atoms with E-state index in [1.165, 1.54) is 0 Å². The third-order valence-corrected chi connectivity index (χ3v) is 8.57. The Morgan fingerprint density at radius 3 is 1.64 bits per heavy atom. The molecule has 2 fully saturated rings. The number of thioether (sulfide) groups is 2. The highest BCUT2D eigenvalue weighted by Gasteiger charge is 2.27. The van der Waals surface area contributed by atoms with Gasteiger partial charge in [0, 0.05) is 0 Å². The number of hydrogen-bond donors (Lipinski definition) is 3. The van der Waals surface area contributed by atoms with Crippen molar-refractivity contribution in [1.29, 1.82) is 0 Å². The Bertz CT molecular complexity index is 1040. The molecule has 0 aromatic carbocycles. The van der Waals surface area contributed by atoms with E-state index < -0.39 is 5.97 Å². The van der Waals surface area contributed by atoms with Gasteiger partial charge < -0.3 is 21.3 Å². The number of carbonyl (C=O) groups excluding carboxylic acids is 1. The number of aromatic carboxylic acids is 1. The average molecular weight is 539 g/mol. The molecule has 0 atom stereocenters. The highest BCUT2D eigenvalue weighted by atomic mass is 32.2. The summed E-state index contributed by atoms with van der Waals surface area (Å²) < 4.78 is 8.64. The molecule has 2 aliphatic heterocycles. The maximum absolute atomic E-state index is 12.0. The number of nitrogens with zero attached hydrogens (tertiary/aromatic N) is 4. The van der Waals surface area contributed by atoms with E-state index in [0.717, 1.165) is 54.4 Å². The van der Waals surface area contributed by atoms with Crippen LogP contribution in [0.1, 0.15) is 90.6 Å². The van der Waals surface area contributed by atoms with Crippen molar-refractivity contribution in [3.05, 3.63) is 22.5 Å². The lowest BCUT2D eigenvalue weighted by Gasteiger charge is -2.22. The smallest absolute Gasteiger partial charge is 0.343 e. The number of carboxylic acids is 1. The summed E-state index contributed by atoms with van der Waals surface area (Å²) in [6, 6.07) is 0.573. The number of nitrogens with two attached hydrogens (primary N) is 2. The number of aromatic nitrogens is 4. The van der Waals surface area contributed by atoms with Crippen LogP contribution >= 0.6 is 23.5 Å². The minimum atomic E-state index is -0.976. The first-order valence-corrected chi connectivity index (χ1v) is 14.9. The summed E-state index contributed by atoms with van der Waals surface area (Å²) in [5.74, 6) is 3.88. The molecule has 0 aliphatic carbocycles. The Kier molecular flexibility index (Phi) is 10.4. The van der Waals surface area contributed by atoms with Gasteiger partial charge in [-0.1, -0.05) is 13.8 Å². The lowest BCUT2D eigenvalue weighted by Crippen LogP contribution is -2.19. The molecule has 2 aromatic heterocycles. The highest BCUT2D eigenvalue weighted by Crippen LogP contribution is 2.32. The van der Waals surface area contributed by atoms with Crippen molar-refractivity contribution in [2.45, 2.75) is 71.4 Å². The fourth-order valence-electron chi connectivity index (χ4n) is 4.56. The number of hydrogen-bond acceptors (Lipinski definition) is 9. The number of anilines is 2. The maximum atomic E-state index is 12.0. The van der Waals surface area contributed by atoms with E-state index in [9.17, 15) is 9.59 Å². The number of aryl methyl sites for hydroxylation is 2. The van der Waals surface area contributed by atoms with Crippen molar-refractivity contribution < 1.29 is 19.4 Å². The fraction of sp³-hybridized carbons (Fsp3) is 0.667. The van der Waals surface area contributed by atoms with Gasteiger partial charge in [0.1, 0.15) is 22.8 Å². The van der Waals surface area contributed by atoms with E-state index in [2.05, 4.69) is 10.2 Å². The van der Waals surface area contributed by atoms with E-state index in [0.29, 0.717) is 48.4 Å². The summed E-state index contributed by atoms with van der Waals surface area (Å²) >= 11 is 3.88. The van der Waals surface area contributed by atoms with E-state index in [1.807, 2.05) is 42.1 Å². The van der Waals surface area contributed by atoms with Crippen LogP contribution < -0.4 is 11.5 Å². The van der Waals surface area contributed by atoms with Crippen LogP contribution in [0.25, 0.3) is 0 Å². The lowest BCUT2D eigenvalue weighted by molar-refractivity contribution is 0.0525. The molecule has 0 unspecified atom stereocenters. The predicted molar refractivity (Wildman–Crippen MR) is 146 cm³/mol. The molecule has 200 valence electrons. The molecule has 0 amide bonds. The largest absolute Gasteiger partial charge is 0.477 e. The van der Waals surface area contributed by atoms with Crippen LogP contribution in [0, 0.1) is 0 Å². The number of carbonyl (C=O) groups is 2. The second-order valence-corrected chi connectivity index (χ2v) is 11.2. The zero-order valence-corrected chi connectivity index (χ0v) is 23.0. The van der Waals surface area contributed by atoms with Crippen molar-refractivity contribution in [2.24, 2.45) is 0 Å². The molecule has 4 heterocycles. The Morgan fingerprint density at radius 1 is 0.861 bits per heavy atom. The van der Waals surface area contributed by atoms with Gasteiger partial charge in [0.15, 0.2) is 0 Å². The van der Waals surface area contributed by atoms with E-state index in [1.54, 1.807) is 11.6 Å². The number of esters is 1. The van der Waals surface area contributed by atoms with Gasteiger partial charge in [-0.25, -0.2) is 19.0 Å². The van der Waals surface area contributed by atoms with Crippen molar-refractivity contribution in [1.82, 2.24) is 19.6 Å². The molecule has 0 radical (unpaired) electrons. The monoisotopic (exact) mass is 538 g/mol. The normalized spacial score (nSPS) is 16.9. The van der Waals surface area contributed by atoms with E-state index >= 15 is 0 Å². The molecule has 36 heavy (non-hydrogen) atoms. The SMILES string of the molecule is CCOC(=O)c1c(CC)nn(C2CCSCC2)c1N.CCc1nn(C2CCSCC2)c(N)c1C(=O)O. The first kappa shape index (κ1) is 28.2. The van der Waals surface area contributed by atoms with Crippen molar-refractivity contribution in [3.8, 4) is 0 Å². The van der Waals surface area contributed by atoms with Crippen LogP contribution in [-0.2, 0) is 17.6 Å². The molecular formula is C24H38N6O4S2. The van der Waals surface area contributed by atoms with Crippen LogP contribution in [0.2, 0.25) is 0 Å². The van der Waals surface area contributed by atoms with Crippen molar-refractivity contribution in [2.75, 3.05) is 41.1 Å². The summed E-state index contributed by atoms with van der Waals surface area (Å²) in [5, 5.41) is 18.1. The standard InChI is InChI=1S/C13H21N3O2S.C11H17N3O2S/c1-3-10-11(13(17)18-4-2)12(14)16(15-10)9-5-7-19-8-6-9;1-2-8-9(11(15)16)10(12)14(13-8)7-3-5-17-6-4-7/h9H,3-8,14H2,1-2H3;7H,2-6,12H2,1H3,(H,15,16). The summed E-state index contributed by atoms with van der Waals surface area (Å²) in [4.78, 5) is 23.1. The van der Waals surface area contributed by atoms with E-state index in [4.69, 9.17) is 21.3 Å². The average Bonchev–Trinajstić information content (AvgIpc) is 3.42. The summed E-state index contributed by atoms with van der Waals surface area (Å²) in [5.41, 5.74) is 14.0. The van der Waals surface area contributed by atoms with Crippen LogP contribution in [-0.4, -0.2) is 66.2 Å². The zero-order chi connectivity index (χ0) is 26.2. The van der Waals surface area contributed by atoms with Crippen LogP contribution in [0.5, 0.6) is 0 Å². The minimum Gasteiger partial charge on any atom is -0.477 e. The fourth-order valence-corrected chi connectivity index (χ4v) is 6.73. The molecule has 2 saturated heterocycles. The molecule has 5 N–H and O–H groups in total. The van der Waals surface area contributed by atoms with Gasteiger partial charge in [0.05, 0.1) is 30.1 Å². The van der Waals surface area contributed by atoms with Crippen molar-refractivity contribution in [3.63, 3.8) is 0 Å². The minimum absolute atomic E-state index is 0.186. The van der Waals surface area contributed by atoms with Crippen LogP contribution in [0.4, 0.5) is 11.6 Å². The number of rotatable bonds is 7.